The van der Waals surface area contributed by atoms with Crippen molar-refractivity contribution in [1.29, 1.82) is 0 Å². The van der Waals surface area contributed by atoms with Crippen LogP contribution >= 0.6 is 15.9 Å². The van der Waals surface area contributed by atoms with Crippen LogP contribution in [0, 0.1) is 11.6 Å². The van der Waals surface area contributed by atoms with Gasteiger partial charge in [-0.05, 0) is 40.0 Å². The molecule has 1 unspecified atom stereocenters. The van der Waals surface area contributed by atoms with E-state index in [4.69, 9.17) is 5.73 Å². The van der Waals surface area contributed by atoms with Crippen LogP contribution in [0.15, 0.2) is 46.9 Å². The predicted molar refractivity (Wildman–Crippen MR) is 76.5 cm³/mol. The maximum atomic E-state index is 13.8. The van der Waals surface area contributed by atoms with Crippen molar-refractivity contribution < 1.29 is 13.6 Å². The SMILES string of the molecule is NC(Cc1ccccc1)C(=O)c1c(F)ccc(Br)c1F. The molecule has 2 aromatic carbocycles. The zero-order valence-electron chi connectivity index (χ0n) is 10.4. The van der Waals surface area contributed by atoms with Gasteiger partial charge in [0.1, 0.15) is 5.82 Å². The van der Waals surface area contributed by atoms with E-state index in [1.165, 1.54) is 6.07 Å². The van der Waals surface area contributed by atoms with Crippen molar-refractivity contribution in [2.75, 3.05) is 0 Å². The summed E-state index contributed by atoms with van der Waals surface area (Å²) >= 11 is 2.93. The molecule has 2 rings (SSSR count). The zero-order chi connectivity index (χ0) is 14.7. The van der Waals surface area contributed by atoms with Crippen molar-refractivity contribution in [3.63, 3.8) is 0 Å². The molecule has 0 saturated heterocycles. The number of hydrogen-bond donors (Lipinski definition) is 1. The summed E-state index contributed by atoms with van der Waals surface area (Å²) in [6, 6.07) is 10.3. The smallest absolute Gasteiger partial charge is 0.185 e. The lowest BCUT2D eigenvalue weighted by Crippen LogP contribution is -2.34. The molecule has 0 aliphatic heterocycles. The van der Waals surface area contributed by atoms with Gasteiger partial charge in [0.05, 0.1) is 16.1 Å². The van der Waals surface area contributed by atoms with Crippen molar-refractivity contribution in [2.45, 2.75) is 12.5 Å². The van der Waals surface area contributed by atoms with Gasteiger partial charge in [-0.3, -0.25) is 4.79 Å². The molecule has 2 aromatic rings. The van der Waals surface area contributed by atoms with Crippen LogP contribution in [0.2, 0.25) is 0 Å². The number of benzene rings is 2. The van der Waals surface area contributed by atoms with Crippen molar-refractivity contribution in [1.82, 2.24) is 0 Å². The van der Waals surface area contributed by atoms with E-state index in [2.05, 4.69) is 15.9 Å². The summed E-state index contributed by atoms with van der Waals surface area (Å²) in [7, 11) is 0. The molecular weight excluding hydrogens is 328 g/mol. The molecule has 1 atom stereocenters. The molecule has 0 fully saturated rings. The molecule has 0 radical (unpaired) electrons. The molecule has 104 valence electrons. The third-order valence-electron chi connectivity index (χ3n) is 2.93. The Hall–Kier alpha value is -1.59. The van der Waals surface area contributed by atoms with Gasteiger partial charge >= 0.3 is 0 Å². The van der Waals surface area contributed by atoms with Gasteiger partial charge in [0.15, 0.2) is 11.6 Å². The Labute approximate surface area is 123 Å². The minimum absolute atomic E-state index is 0.0363. The molecule has 0 bridgehead atoms. The zero-order valence-corrected chi connectivity index (χ0v) is 12.0. The third-order valence-corrected chi connectivity index (χ3v) is 3.54. The lowest BCUT2D eigenvalue weighted by molar-refractivity contribution is 0.0952. The molecule has 0 saturated carbocycles. The first kappa shape index (κ1) is 14.8. The molecule has 2 N–H and O–H groups in total. The molecule has 2 nitrogen and oxygen atoms in total. The average Bonchev–Trinajstić information content (AvgIpc) is 2.44. The number of hydrogen-bond acceptors (Lipinski definition) is 2. The quantitative estimate of drug-likeness (QED) is 0.684. The summed E-state index contributed by atoms with van der Waals surface area (Å²) in [5.74, 6) is -2.57. The highest BCUT2D eigenvalue weighted by molar-refractivity contribution is 9.10. The molecule has 0 heterocycles. The number of carbonyl (C=O) groups excluding carboxylic acids is 1. The first-order valence-corrected chi connectivity index (χ1v) is 6.77. The first-order valence-electron chi connectivity index (χ1n) is 5.98. The summed E-state index contributed by atoms with van der Waals surface area (Å²) in [4.78, 5) is 12.1. The highest BCUT2D eigenvalue weighted by Gasteiger charge is 2.24. The van der Waals surface area contributed by atoms with Crippen LogP contribution in [-0.2, 0) is 6.42 Å². The maximum Gasteiger partial charge on any atom is 0.185 e. The van der Waals surface area contributed by atoms with Gasteiger partial charge in [0.2, 0.25) is 0 Å². The first-order chi connectivity index (χ1) is 9.50. The van der Waals surface area contributed by atoms with Gasteiger partial charge in [0, 0.05) is 0 Å². The Bertz CT molecular complexity index is 631. The Morgan fingerprint density at radius 1 is 1.15 bits per heavy atom. The predicted octanol–water partition coefficient (Wildman–Crippen LogP) is 3.48. The maximum absolute atomic E-state index is 13.8. The van der Waals surface area contributed by atoms with Gasteiger partial charge in [0.25, 0.3) is 0 Å². The summed E-state index contributed by atoms with van der Waals surface area (Å²) in [6.45, 7) is 0. The van der Waals surface area contributed by atoms with Crippen LogP contribution in [0.3, 0.4) is 0 Å². The lowest BCUT2D eigenvalue weighted by atomic mass is 9.98. The van der Waals surface area contributed by atoms with E-state index >= 15 is 0 Å². The van der Waals surface area contributed by atoms with Gasteiger partial charge in [-0.1, -0.05) is 30.3 Å². The molecule has 0 aliphatic rings. The van der Waals surface area contributed by atoms with Crippen LogP contribution < -0.4 is 5.73 Å². The van der Waals surface area contributed by atoms with E-state index in [9.17, 15) is 13.6 Å². The van der Waals surface area contributed by atoms with Crippen LogP contribution in [0.4, 0.5) is 8.78 Å². The molecule has 5 heteroatoms. The summed E-state index contributed by atoms with van der Waals surface area (Å²) in [6.07, 6.45) is 0.227. The van der Waals surface area contributed by atoms with E-state index < -0.39 is 29.0 Å². The standard InChI is InChI=1S/C15H12BrF2NO/c16-10-6-7-11(17)13(14(10)18)15(20)12(19)8-9-4-2-1-3-5-9/h1-7,12H,8,19H2. The minimum Gasteiger partial charge on any atom is -0.321 e. The fourth-order valence-electron chi connectivity index (χ4n) is 1.90. The van der Waals surface area contributed by atoms with Crippen LogP contribution in [0.5, 0.6) is 0 Å². The monoisotopic (exact) mass is 339 g/mol. The van der Waals surface area contributed by atoms with E-state index in [-0.39, 0.29) is 10.9 Å². The molecule has 0 aromatic heterocycles. The second-order valence-electron chi connectivity index (χ2n) is 4.38. The van der Waals surface area contributed by atoms with Crippen LogP contribution in [-0.4, -0.2) is 11.8 Å². The Morgan fingerprint density at radius 2 is 1.80 bits per heavy atom. The molecule has 0 spiro atoms. The number of ketones is 1. The van der Waals surface area contributed by atoms with Crippen molar-refractivity contribution in [3.8, 4) is 0 Å². The normalized spacial score (nSPS) is 12.2. The van der Waals surface area contributed by atoms with Crippen LogP contribution in [0.25, 0.3) is 0 Å². The van der Waals surface area contributed by atoms with Crippen molar-refractivity contribution >= 4 is 21.7 Å². The largest absolute Gasteiger partial charge is 0.321 e. The lowest BCUT2D eigenvalue weighted by Gasteiger charge is -2.12. The fourth-order valence-corrected chi connectivity index (χ4v) is 2.23. The fraction of sp³-hybridized carbons (Fsp3) is 0.133. The van der Waals surface area contributed by atoms with E-state index in [1.54, 1.807) is 12.1 Å². The van der Waals surface area contributed by atoms with E-state index in [1.807, 2.05) is 18.2 Å². The summed E-state index contributed by atoms with van der Waals surface area (Å²) in [5.41, 5.74) is 6.01. The Morgan fingerprint density at radius 3 is 2.45 bits per heavy atom. The Kier molecular flexibility index (Phi) is 4.62. The number of rotatable bonds is 4. The highest BCUT2D eigenvalue weighted by atomic mass is 79.9. The Balaban J connectivity index is 2.26. The van der Waals surface area contributed by atoms with Gasteiger partial charge in [-0.15, -0.1) is 0 Å². The molecule has 20 heavy (non-hydrogen) atoms. The van der Waals surface area contributed by atoms with Crippen molar-refractivity contribution in [3.05, 3.63) is 69.7 Å². The second-order valence-corrected chi connectivity index (χ2v) is 5.23. The van der Waals surface area contributed by atoms with E-state index in [0.717, 1.165) is 11.6 Å². The average molecular weight is 340 g/mol. The number of nitrogens with two attached hydrogens (primary N) is 1. The second kappa shape index (κ2) is 6.24. The third kappa shape index (κ3) is 3.11. The molecule has 0 amide bonds. The topological polar surface area (TPSA) is 43.1 Å². The minimum atomic E-state index is -0.990. The van der Waals surface area contributed by atoms with Gasteiger partial charge in [-0.25, -0.2) is 8.78 Å². The van der Waals surface area contributed by atoms with Crippen LogP contribution in [0.1, 0.15) is 15.9 Å². The number of halogens is 3. The number of carbonyl (C=O) groups is 1. The highest BCUT2D eigenvalue weighted by Crippen LogP contribution is 2.23. The van der Waals surface area contributed by atoms with Gasteiger partial charge < -0.3 is 5.73 Å². The number of Topliss-reactive ketones (excluding diaryl/α,β-unsaturated/α-hetero) is 1. The molecular formula is C15H12BrF2NO. The van der Waals surface area contributed by atoms with Gasteiger partial charge in [-0.2, -0.15) is 0 Å². The summed E-state index contributed by atoms with van der Waals surface area (Å²) in [5, 5.41) is 0. The molecule has 0 aliphatic carbocycles. The van der Waals surface area contributed by atoms with Crippen molar-refractivity contribution in [2.24, 2.45) is 5.73 Å². The van der Waals surface area contributed by atoms with E-state index in [0.29, 0.717) is 0 Å². The summed E-state index contributed by atoms with van der Waals surface area (Å²) < 4.78 is 27.5.